The Morgan fingerprint density at radius 1 is 1.06 bits per heavy atom. The van der Waals surface area contributed by atoms with Gasteiger partial charge in [-0.15, -0.1) is 0 Å². The van der Waals surface area contributed by atoms with Crippen molar-refractivity contribution in [2.75, 3.05) is 5.75 Å². The number of nitro groups is 1. The predicted molar refractivity (Wildman–Crippen MR) is 108 cm³/mol. The van der Waals surface area contributed by atoms with Gasteiger partial charge in [-0.2, -0.15) is 0 Å². The minimum absolute atomic E-state index is 0.101. The number of halogens is 1. The third-order valence-electron chi connectivity index (χ3n) is 4.43. The molecule has 1 unspecified atom stereocenters. The molecule has 1 heterocycles. The van der Waals surface area contributed by atoms with Gasteiger partial charge in [-0.3, -0.25) is 24.5 Å². The van der Waals surface area contributed by atoms with E-state index in [9.17, 15) is 32.9 Å². The lowest BCUT2D eigenvalue weighted by Gasteiger charge is -2.19. The van der Waals surface area contributed by atoms with E-state index in [2.05, 4.69) is 4.84 Å². The maximum absolute atomic E-state index is 12.8. The van der Waals surface area contributed by atoms with E-state index in [0.717, 1.165) is 12.1 Å². The van der Waals surface area contributed by atoms with Crippen molar-refractivity contribution in [2.45, 2.75) is 23.8 Å². The van der Waals surface area contributed by atoms with Gasteiger partial charge in [0.15, 0.2) is 9.84 Å². The molecule has 32 heavy (non-hydrogen) atoms. The third-order valence-corrected chi connectivity index (χ3v) is 6.41. The molecule has 168 valence electrons. The summed E-state index contributed by atoms with van der Waals surface area (Å²) in [5.74, 6) is -2.23. The van der Waals surface area contributed by atoms with Crippen molar-refractivity contribution in [3.63, 3.8) is 0 Å². The number of benzene rings is 2. The van der Waals surface area contributed by atoms with Crippen LogP contribution in [0.25, 0.3) is 0 Å². The number of nitro benzene ring substituents is 1. The van der Waals surface area contributed by atoms with Gasteiger partial charge in [0.2, 0.25) is 0 Å². The molecule has 1 atom stereocenters. The number of imide groups is 1. The number of hydrogen-bond acceptors (Lipinski definition) is 9. The van der Waals surface area contributed by atoms with Crippen LogP contribution in [0, 0.1) is 10.1 Å². The molecular weight excluding hydrogens is 468 g/mol. The molecule has 13 heteroatoms. The molecule has 2 aromatic rings. The smallest absolute Gasteiger partial charge is 0.423 e. The van der Waals surface area contributed by atoms with Crippen LogP contribution in [0.1, 0.15) is 24.5 Å². The number of hydroxylamine groups is 2. The number of hydrogen-bond donors (Lipinski definition) is 0. The van der Waals surface area contributed by atoms with Crippen LogP contribution in [0.4, 0.5) is 10.5 Å². The standard InChI is InChI=1S/C19H15ClN2O9S/c20-13-3-7-15(8-4-13)32(28,29)11-16(12-1-5-14(6-2-12)22(26)27)30-19(25)31-21-17(23)9-10-18(21)24/h1-8,16H,9-11H2. The first-order valence-corrected chi connectivity index (χ1v) is 11.1. The van der Waals surface area contributed by atoms with E-state index < -0.39 is 44.6 Å². The first-order chi connectivity index (χ1) is 15.1. The van der Waals surface area contributed by atoms with E-state index in [1.54, 1.807) is 0 Å². The van der Waals surface area contributed by atoms with Gasteiger partial charge < -0.3 is 4.74 Å². The zero-order valence-electron chi connectivity index (χ0n) is 16.2. The second-order valence-electron chi connectivity index (χ2n) is 6.61. The van der Waals surface area contributed by atoms with Gasteiger partial charge in [-0.25, -0.2) is 13.2 Å². The fourth-order valence-corrected chi connectivity index (χ4v) is 4.34. The minimum Gasteiger partial charge on any atom is -0.423 e. The Bertz CT molecular complexity index is 1150. The Labute approximate surface area is 186 Å². The van der Waals surface area contributed by atoms with Crippen LogP contribution in [-0.4, -0.2) is 42.1 Å². The number of ether oxygens (including phenoxy) is 1. The van der Waals surface area contributed by atoms with Gasteiger partial charge in [0.05, 0.1) is 15.6 Å². The number of sulfone groups is 1. The monoisotopic (exact) mass is 482 g/mol. The highest BCUT2D eigenvalue weighted by atomic mass is 35.5. The van der Waals surface area contributed by atoms with E-state index >= 15 is 0 Å². The molecule has 0 aromatic heterocycles. The van der Waals surface area contributed by atoms with Gasteiger partial charge in [-0.1, -0.05) is 16.7 Å². The average Bonchev–Trinajstić information content (AvgIpc) is 3.05. The first-order valence-electron chi connectivity index (χ1n) is 9.04. The molecule has 0 bridgehead atoms. The molecule has 0 N–H and O–H groups in total. The zero-order valence-corrected chi connectivity index (χ0v) is 17.7. The number of rotatable bonds is 7. The van der Waals surface area contributed by atoms with Crippen molar-refractivity contribution in [1.29, 1.82) is 0 Å². The molecule has 0 aliphatic carbocycles. The molecule has 1 aliphatic rings. The highest BCUT2D eigenvalue weighted by Crippen LogP contribution is 2.27. The predicted octanol–water partition coefficient (Wildman–Crippen LogP) is 2.98. The van der Waals surface area contributed by atoms with Crippen LogP contribution in [0.15, 0.2) is 53.4 Å². The lowest BCUT2D eigenvalue weighted by Crippen LogP contribution is -2.33. The average molecular weight is 483 g/mol. The normalized spacial score (nSPS) is 14.8. The summed E-state index contributed by atoms with van der Waals surface area (Å²) in [5.41, 5.74) is -0.145. The Kier molecular flexibility index (Phi) is 6.75. The number of non-ortho nitro benzene ring substituents is 1. The fraction of sp³-hybridized carbons (Fsp3) is 0.211. The van der Waals surface area contributed by atoms with Crippen molar-refractivity contribution < 1.29 is 37.3 Å². The molecule has 0 radical (unpaired) electrons. The van der Waals surface area contributed by atoms with E-state index in [1.165, 1.54) is 36.4 Å². The summed E-state index contributed by atoms with van der Waals surface area (Å²) in [5, 5.41) is 11.4. The van der Waals surface area contributed by atoms with E-state index in [4.69, 9.17) is 16.3 Å². The van der Waals surface area contributed by atoms with Crippen molar-refractivity contribution in [3.8, 4) is 0 Å². The summed E-state index contributed by atoms with van der Waals surface area (Å²) < 4.78 is 30.8. The highest BCUT2D eigenvalue weighted by molar-refractivity contribution is 7.91. The van der Waals surface area contributed by atoms with Crippen LogP contribution >= 0.6 is 11.6 Å². The lowest BCUT2D eigenvalue weighted by atomic mass is 10.1. The summed E-state index contributed by atoms with van der Waals surface area (Å²) in [4.78, 5) is 50.2. The van der Waals surface area contributed by atoms with E-state index in [1.807, 2.05) is 0 Å². The summed E-state index contributed by atoms with van der Waals surface area (Å²) in [6.07, 6.45) is -3.22. The highest BCUT2D eigenvalue weighted by Gasteiger charge is 2.35. The number of carbonyl (C=O) groups excluding carboxylic acids is 3. The second kappa shape index (κ2) is 9.32. The molecule has 11 nitrogen and oxygen atoms in total. The van der Waals surface area contributed by atoms with Crippen LogP contribution < -0.4 is 0 Å². The molecule has 3 rings (SSSR count). The maximum atomic E-state index is 12.8. The van der Waals surface area contributed by atoms with E-state index in [0.29, 0.717) is 5.02 Å². The Balaban J connectivity index is 1.85. The molecule has 2 amide bonds. The third kappa shape index (κ3) is 5.39. The molecule has 1 fully saturated rings. The first kappa shape index (κ1) is 23.2. The molecular formula is C19H15ClN2O9S. The van der Waals surface area contributed by atoms with Crippen LogP contribution in [0.5, 0.6) is 0 Å². The summed E-state index contributed by atoms with van der Waals surface area (Å²) in [7, 11) is -4.02. The molecule has 2 aromatic carbocycles. The Morgan fingerprint density at radius 2 is 1.62 bits per heavy atom. The van der Waals surface area contributed by atoms with Crippen molar-refractivity contribution in [1.82, 2.24) is 5.06 Å². The molecule has 0 spiro atoms. The number of nitrogens with zero attached hydrogens (tertiary/aromatic N) is 2. The summed E-state index contributed by atoms with van der Waals surface area (Å²) >= 11 is 5.78. The maximum Gasteiger partial charge on any atom is 0.534 e. The molecule has 0 saturated carbocycles. The topological polar surface area (TPSA) is 150 Å². The van der Waals surface area contributed by atoms with E-state index in [-0.39, 0.29) is 34.1 Å². The second-order valence-corrected chi connectivity index (χ2v) is 9.08. The van der Waals surface area contributed by atoms with Crippen molar-refractivity contribution in [2.24, 2.45) is 0 Å². The number of amides is 2. The van der Waals surface area contributed by atoms with Gasteiger partial charge in [0.1, 0.15) is 6.10 Å². The van der Waals surface area contributed by atoms with Gasteiger partial charge >= 0.3 is 6.16 Å². The van der Waals surface area contributed by atoms with Crippen LogP contribution in [0.3, 0.4) is 0 Å². The van der Waals surface area contributed by atoms with Gasteiger partial charge in [-0.05, 0) is 42.0 Å². The Morgan fingerprint density at radius 3 is 2.16 bits per heavy atom. The van der Waals surface area contributed by atoms with Crippen LogP contribution in [-0.2, 0) is 29.0 Å². The largest absolute Gasteiger partial charge is 0.534 e. The molecule has 1 saturated heterocycles. The van der Waals surface area contributed by atoms with Crippen molar-refractivity contribution >= 4 is 45.1 Å². The van der Waals surface area contributed by atoms with Crippen LogP contribution in [0.2, 0.25) is 5.02 Å². The SMILES string of the molecule is O=C(OC(CS(=O)(=O)c1ccc(Cl)cc1)c1ccc([N+](=O)[O-])cc1)ON1C(=O)CCC1=O. The summed E-state index contributed by atoms with van der Waals surface area (Å²) in [6.45, 7) is 0. The quantitative estimate of drug-likeness (QED) is 0.251. The number of carbonyl (C=O) groups is 3. The van der Waals surface area contributed by atoms with Crippen molar-refractivity contribution in [3.05, 3.63) is 69.2 Å². The molecule has 1 aliphatic heterocycles. The van der Waals surface area contributed by atoms with Gasteiger partial charge in [0.25, 0.3) is 17.5 Å². The summed E-state index contributed by atoms with van der Waals surface area (Å²) in [6, 6.07) is 9.94. The van der Waals surface area contributed by atoms with Gasteiger partial charge in [0, 0.05) is 30.0 Å². The fourth-order valence-electron chi connectivity index (χ4n) is 2.82. The zero-order chi connectivity index (χ0) is 23.5. The Hall–Kier alpha value is -3.51. The minimum atomic E-state index is -4.02. The lowest BCUT2D eigenvalue weighted by molar-refractivity contribution is -0.384.